The number of amides is 2. The number of benzene rings is 1. The highest BCUT2D eigenvalue weighted by Gasteiger charge is 2.18. The lowest BCUT2D eigenvalue weighted by molar-refractivity contribution is 0.0735. The summed E-state index contributed by atoms with van der Waals surface area (Å²) >= 11 is 0. The van der Waals surface area contributed by atoms with Crippen LogP contribution in [0.1, 0.15) is 26.3 Å². The number of carbonyl (C=O) groups excluding carboxylic acids is 2. The SMILES string of the molecule is O=C(NCc1ccoc1)c1cncc(-c2ccc(C(=O)N3CCNCC3)cc2)c1. The van der Waals surface area contributed by atoms with E-state index in [0.717, 1.165) is 42.9 Å². The van der Waals surface area contributed by atoms with Crippen LogP contribution in [0.5, 0.6) is 0 Å². The van der Waals surface area contributed by atoms with Gasteiger partial charge in [0.25, 0.3) is 11.8 Å². The maximum Gasteiger partial charge on any atom is 0.253 e. The van der Waals surface area contributed by atoms with Crippen LogP contribution in [0.4, 0.5) is 0 Å². The molecule has 2 aromatic heterocycles. The van der Waals surface area contributed by atoms with E-state index in [2.05, 4.69) is 15.6 Å². The lowest BCUT2D eigenvalue weighted by atomic mass is 10.0. The monoisotopic (exact) mass is 390 g/mol. The molecule has 1 aliphatic rings. The summed E-state index contributed by atoms with van der Waals surface area (Å²) in [6, 6.07) is 11.0. The van der Waals surface area contributed by atoms with Crippen LogP contribution in [-0.4, -0.2) is 47.9 Å². The summed E-state index contributed by atoms with van der Waals surface area (Å²) in [5.41, 5.74) is 3.76. The van der Waals surface area contributed by atoms with Gasteiger partial charge in [-0.15, -0.1) is 0 Å². The lowest BCUT2D eigenvalue weighted by Crippen LogP contribution is -2.46. The topological polar surface area (TPSA) is 87.5 Å². The van der Waals surface area contributed by atoms with E-state index >= 15 is 0 Å². The molecule has 1 aromatic carbocycles. The van der Waals surface area contributed by atoms with Crippen molar-refractivity contribution in [2.45, 2.75) is 6.54 Å². The summed E-state index contributed by atoms with van der Waals surface area (Å²) < 4.78 is 5.00. The van der Waals surface area contributed by atoms with Crippen molar-refractivity contribution in [3.05, 3.63) is 78.0 Å². The highest BCUT2D eigenvalue weighted by atomic mass is 16.3. The highest BCUT2D eigenvalue weighted by Crippen LogP contribution is 2.21. The number of aromatic nitrogens is 1. The Bertz CT molecular complexity index is 978. The Morgan fingerprint density at radius 3 is 2.55 bits per heavy atom. The van der Waals surface area contributed by atoms with Gasteiger partial charge in [0.05, 0.1) is 18.1 Å². The molecular weight excluding hydrogens is 368 g/mol. The molecule has 0 atom stereocenters. The molecule has 1 aliphatic heterocycles. The van der Waals surface area contributed by atoms with Crippen molar-refractivity contribution in [2.75, 3.05) is 26.2 Å². The van der Waals surface area contributed by atoms with Gasteiger partial charge in [0.2, 0.25) is 0 Å². The quantitative estimate of drug-likeness (QED) is 0.698. The van der Waals surface area contributed by atoms with Gasteiger partial charge in [-0.3, -0.25) is 14.6 Å². The fourth-order valence-electron chi connectivity index (χ4n) is 3.26. The summed E-state index contributed by atoms with van der Waals surface area (Å²) in [7, 11) is 0. The molecular formula is C22H22N4O3. The normalized spacial score (nSPS) is 13.9. The molecule has 2 N–H and O–H groups in total. The van der Waals surface area contributed by atoms with E-state index in [4.69, 9.17) is 4.42 Å². The second-order valence-electron chi connectivity index (χ2n) is 6.90. The molecule has 3 aromatic rings. The number of pyridine rings is 1. The smallest absolute Gasteiger partial charge is 0.253 e. The zero-order valence-electron chi connectivity index (χ0n) is 15.9. The molecule has 29 heavy (non-hydrogen) atoms. The van der Waals surface area contributed by atoms with E-state index in [9.17, 15) is 9.59 Å². The number of hydrogen-bond donors (Lipinski definition) is 2. The predicted molar refractivity (Wildman–Crippen MR) is 108 cm³/mol. The van der Waals surface area contributed by atoms with Gasteiger partial charge in [-0.05, 0) is 29.8 Å². The van der Waals surface area contributed by atoms with Gasteiger partial charge in [0.1, 0.15) is 0 Å². The lowest BCUT2D eigenvalue weighted by Gasteiger charge is -2.27. The standard InChI is InChI=1S/C22H22N4O3/c27-21(25-12-16-5-10-29-15-16)20-11-19(13-24-14-20)17-1-3-18(4-2-17)22(28)26-8-6-23-7-9-26/h1-5,10-11,13-15,23H,6-9,12H2,(H,25,27). The largest absolute Gasteiger partial charge is 0.472 e. The van der Waals surface area contributed by atoms with Gasteiger partial charge >= 0.3 is 0 Å². The van der Waals surface area contributed by atoms with Crippen LogP contribution >= 0.6 is 0 Å². The van der Waals surface area contributed by atoms with E-state index in [0.29, 0.717) is 17.7 Å². The van der Waals surface area contributed by atoms with E-state index in [1.807, 2.05) is 29.2 Å². The Morgan fingerprint density at radius 1 is 1.03 bits per heavy atom. The van der Waals surface area contributed by atoms with Gasteiger partial charge < -0.3 is 20.0 Å². The number of carbonyl (C=O) groups is 2. The average Bonchev–Trinajstić information content (AvgIpc) is 3.31. The summed E-state index contributed by atoms with van der Waals surface area (Å²) in [5.74, 6) is -0.158. The van der Waals surface area contributed by atoms with Crippen LogP contribution in [0.2, 0.25) is 0 Å². The minimum atomic E-state index is -0.203. The summed E-state index contributed by atoms with van der Waals surface area (Å²) in [5, 5.41) is 6.09. The van der Waals surface area contributed by atoms with Crippen molar-refractivity contribution in [2.24, 2.45) is 0 Å². The summed E-state index contributed by atoms with van der Waals surface area (Å²) in [4.78, 5) is 31.0. The second-order valence-corrected chi connectivity index (χ2v) is 6.90. The average molecular weight is 390 g/mol. The highest BCUT2D eigenvalue weighted by molar-refractivity contribution is 5.96. The van der Waals surface area contributed by atoms with E-state index in [1.54, 1.807) is 30.9 Å². The molecule has 7 heteroatoms. The first-order valence-electron chi connectivity index (χ1n) is 9.55. The number of hydrogen-bond acceptors (Lipinski definition) is 5. The molecule has 148 valence electrons. The number of rotatable bonds is 5. The molecule has 0 unspecified atom stereocenters. The van der Waals surface area contributed by atoms with E-state index in [1.165, 1.54) is 6.20 Å². The van der Waals surface area contributed by atoms with Gasteiger partial charge in [0, 0.05) is 61.8 Å². The Kier molecular flexibility index (Phi) is 5.67. The van der Waals surface area contributed by atoms with Gasteiger partial charge in [-0.2, -0.15) is 0 Å². The van der Waals surface area contributed by atoms with Crippen LogP contribution in [0.25, 0.3) is 11.1 Å². The molecule has 0 aliphatic carbocycles. The first kappa shape index (κ1) is 18.9. The van der Waals surface area contributed by atoms with Crippen LogP contribution in [-0.2, 0) is 6.54 Å². The van der Waals surface area contributed by atoms with Crippen LogP contribution < -0.4 is 10.6 Å². The Labute approximate surface area is 168 Å². The fraction of sp³-hybridized carbons (Fsp3) is 0.227. The zero-order valence-corrected chi connectivity index (χ0v) is 15.9. The fourth-order valence-corrected chi connectivity index (χ4v) is 3.26. The first-order chi connectivity index (χ1) is 14.2. The molecule has 7 nitrogen and oxygen atoms in total. The van der Waals surface area contributed by atoms with Crippen molar-refractivity contribution in [1.29, 1.82) is 0 Å². The maximum atomic E-state index is 12.6. The van der Waals surface area contributed by atoms with Crippen molar-refractivity contribution < 1.29 is 14.0 Å². The predicted octanol–water partition coefficient (Wildman–Crippen LogP) is 2.32. The third kappa shape index (κ3) is 4.52. The third-order valence-electron chi connectivity index (χ3n) is 4.90. The minimum absolute atomic E-state index is 0.0450. The molecule has 3 heterocycles. The Balaban J connectivity index is 1.44. The maximum absolute atomic E-state index is 12.6. The molecule has 1 fully saturated rings. The summed E-state index contributed by atoms with van der Waals surface area (Å²) in [6.07, 6.45) is 6.41. The van der Waals surface area contributed by atoms with Crippen LogP contribution in [0.3, 0.4) is 0 Å². The second kappa shape index (κ2) is 8.70. The number of piperazine rings is 1. The molecule has 0 spiro atoms. The van der Waals surface area contributed by atoms with Gasteiger partial charge in [0.15, 0.2) is 0 Å². The zero-order chi connectivity index (χ0) is 20.1. The molecule has 1 saturated heterocycles. The Hall–Kier alpha value is -3.45. The van der Waals surface area contributed by atoms with Gasteiger partial charge in [-0.1, -0.05) is 12.1 Å². The van der Waals surface area contributed by atoms with Crippen molar-refractivity contribution >= 4 is 11.8 Å². The molecule has 0 saturated carbocycles. The number of nitrogens with zero attached hydrogens (tertiary/aromatic N) is 2. The number of furan rings is 1. The van der Waals surface area contributed by atoms with Gasteiger partial charge in [-0.25, -0.2) is 0 Å². The van der Waals surface area contributed by atoms with E-state index in [-0.39, 0.29) is 11.8 Å². The van der Waals surface area contributed by atoms with Crippen molar-refractivity contribution in [3.8, 4) is 11.1 Å². The third-order valence-corrected chi connectivity index (χ3v) is 4.90. The molecule has 2 amide bonds. The minimum Gasteiger partial charge on any atom is -0.472 e. The van der Waals surface area contributed by atoms with Crippen LogP contribution in [0.15, 0.2) is 65.7 Å². The summed E-state index contributed by atoms with van der Waals surface area (Å²) in [6.45, 7) is 3.49. The number of nitrogens with one attached hydrogen (secondary N) is 2. The molecule has 0 radical (unpaired) electrons. The van der Waals surface area contributed by atoms with Crippen LogP contribution in [0, 0.1) is 0 Å². The van der Waals surface area contributed by atoms with Crippen molar-refractivity contribution in [1.82, 2.24) is 20.5 Å². The molecule has 4 rings (SSSR count). The van der Waals surface area contributed by atoms with E-state index < -0.39 is 0 Å². The Morgan fingerprint density at radius 2 is 1.83 bits per heavy atom. The first-order valence-corrected chi connectivity index (χ1v) is 9.55. The van der Waals surface area contributed by atoms with Crippen molar-refractivity contribution in [3.63, 3.8) is 0 Å². The molecule has 0 bridgehead atoms.